The van der Waals surface area contributed by atoms with E-state index in [0.717, 1.165) is 57.3 Å². The molecule has 1 heterocycles. The molecule has 1 fully saturated rings. The number of rotatable bonds is 13. The van der Waals surface area contributed by atoms with Gasteiger partial charge < -0.3 is 14.9 Å². The maximum absolute atomic E-state index is 13.3. The third kappa shape index (κ3) is 7.24. The average molecular weight is 525 g/mol. The van der Waals surface area contributed by atoms with Crippen molar-refractivity contribution < 1.29 is 14.7 Å². The second kappa shape index (κ2) is 13.8. The van der Waals surface area contributed by atoms with Gasteiger partial charge in [0.1, 0.15) is 5.76 Å². The van der Waals surface area contributed by atoms with Crippen molar-refractivity contribution in [2.75, 3.05) is 26.2 Å². The molecule has 0 bridgehead atoms. The molecular weight excluding hydrogens is 484 g/mol. The summed E-state index contributed by atoms with van der Waals surface area (Å²) >= 11 is 6.03. The number of hydrogen-bond acceptors (Lipinski definition) is 4. The van der Waals surface area contributed by atoms with Crippen LogP contribution in [-0.2, 0) is 9.59 Å². The highest BCUT2D eigenvalue weighted by molar-refractivity contribution is 6.46. The van der Waals surface area contributed by atoms with Crippen molar-refractivity contribution in [2.24, 2.45) is 0 Å². The van der Waals surface area contributed by atoms with E-state index in [9.17, 15) is 14.7 Å². The minimum absolute atomic E-state index is 0.137. The van der Waals surface area contributed by atoms with Crippen molar-refractivity contribution in [3.8, 4) is 0 Å². The monoisotopic (exact) mass is 524 g/mol. The number of aliphatic hydroxyl groups excluding tert-OH is 1. The van der Waals surface area contributed by atoms with Crippen LogP contribution in [0.4, 0.5) is 0 Å². The molecule has 5 nitrogen and oxygen atoms in total. The molecule has 2 aromatic carbocycles. The molecular formula is C31H41ClN2O3. The van der Waals surface area contributed by atoms with E-state index in [4.69, 9.17) is 11.6 Å². The molecule has 1 saturated heterocycles. The van der Waals surface area contributed by atoms with Crippen molar-refractivity contribution in [1.29, 1.82) is 0 Å². The molecule has 1 aliphatic rings. The van der Waals surface area contributed by atoms with Gasteiger partial charge in [0.25, 0.3) is 11.7 Å². The van der Waals surface area contributed by atoms with E-state index >= 15 is 0 Å². The van der Waals surface area contributed by atoms with E-state index in [0.29, 0.717) is 23.0 Å². The SMILES string of the molecule is CCCCN(CCCC)CCCN1C(=O)C(=O)C(=C(O)c2ccc(Cl)cc2)[C@@H]1c1ccc(C(C)C)cc1. The lowest BCUT2D eigenvalue weighted by molar-refractivity contribution is -0.140. The number of likely N-dealkylation sites (tertiary alicyclic amines) is 1. The van der Waals surface area contributed by atoms with Gasteiger partial charge in [0.05, 0.1) is 11.6 Å². The fourth-order valence-electron chi connectivity index (χ4n) is 4.85. The predicted molar refractivity (Wildman–Crippen MR) is 152 cm³/mol. The summed E-state index contributed by atoms with van der Waals surface area (Å²) in [5.74, 6) is -0.990. The molecule has 3 rings (SSSR count). The summed E-state index contributed by atoms with van der Waals surface area (Å²) in [6.07, 6.45) is 5.36. The Hall–Kier alpha value is -2.63. The number of halogens is 1. The Morgan fingerprint density at radius 3 is 2.03 bits per heavy atom. The van der Waals surface area contributed by atoms with E-state index in [1.807, 2.05) is 24.3 Å². The highest BCUT2D eigenvalue weighted by Crippen LogP contribution is 2.40. The molecule has 0 aliphatic carbocycles. The highest BCUT2D eigenvalue weighted by atomic mass is 35.5. The number of aliphatic hydroxyl groups is 1. The molecule has 1 amide bonds. The van der Waals surface area contributed by atoms with Crippen molar-refractivity contribution in [3.05, 3.63) is 75.8 Å². The van der Waals surface area contributed by atoms with Crippen molar-refractivity contribution in [1.82, 2.24) is 9.80 Å². The molecule has 200 valence electrons. The topological polar surface area (TPSA) is 60.9 Å². The zero-order valence-corrected chi connectivity index (χ0v) is 23.4. The highest BCUT2D eigenvalue weighted by Gasteiger charge is 2.45. The first kappa shape index (κ1) is 28.9. The number of amides is 1. The lowest BCUT2D eigenvalue weighted by Gasteiger charge is -2.27. The molecule has 6 heteroatoms. The molecule has 0 unspecified atom stereocenters. The fraction of sp³-hybridized carbons (Fsp3) is 0.484. The lowest BCUT2D eigenvalue weighted by atomic mass is 9.93. The summed E-state index contributed by atoms with van der Waals surface area (Å²) in [6, 6.07) is 14.1. The summed E-state index contributed by atoms with van der Waals surface area (Å²) in [7, 11) is 0. The van der Waals surface area contributed by atoms with E-state index in [1.165, 1.54) is 5.56 Å². The number of ketones is 1. The molecule has 0 aromatic heterocycles. The molecule has 0 spiro atoms. The van der Waals surface area contributed by atoms with Crippen LogP contribution in [0.15, 0.2) is 54.1 Å². The largest absolute Gasteiger partial charge is 0.507 e. The number of benzene rings is 2. The second-order valence-electron chi connectivity index (χ2n) is 10.2. The average Bonchev–Trinajstić information content (AvgIpc) is 3.15. The van der Waals surface area contributed by atoms with Gasteiger partial charge in [0, 0.05) is 17.1 Å². The Balaban J connectivity index is 1.93. The number of unbranched alkanes of at least 4 members (excludes halogenated alkanes) is 2. The number of Topliss-reactive ketones (excluding diaryl/α,β-unsaturated/α-hetero) is 1. The molecule has 2 aromatic rings. The Kier molecular flexibility index (Phi) is 10.8. The van der Waals surface area contributed by atoms with Gasteiger partial charge in [-0.05, 0) is 80.2 Å². The van der Waals surface area contributed by atoms with Crippen LogP contribution in [0, 0.1) is 0 Å². The van der Waals surface area contributed by atoms with Crippen LogP contribution in [0.25, 0.3) is 5.76 Å². The lowest BCUT2D eigenvalue weighted by Crippen LogP contribution is -2.34. The Morgan fingerprint density at radius 2 is 1.49 bits per heavy atom. The van der Waals surface area contributed by atoms with Gasteiger partial charge in [-0.25, -0.2) is 0 Å². The van der Waals surface area contributed by atoms with Gasteiger partial charge in [0.15, 0.2) is 0 Å². The fourth-order valence-corrected chi connectivity index (χ4v) is 4.97. The number of hydrogen-bond donors (Lipinski definition) is 1. The molecule has 1 N–H and O–H groups in total. The minimum atomic E-state index is -0.640. The summed E-state index contributed by atoms with van der Waals surface area (Å²) in [5.41, 5.74) is 2.61. The first-order valence-corrected chi connectivity index (χ1v) is 14.0. The standard InChI is InChI=1S/C31H41ClN2O3/c1-5-7-18-33(19-8-6-2)20-9-21-34-28(24-12-10-23(11-13-24)22(3)4)27(30(36)31(34)37)29(35)25-14-16-26(32)17-15-25/h10-17,22,28,35H,5-9,18-21H2,1-4H3/t28-/m0/s1. The normalized spacial score (nSPS) is 17.4. The maximum atomic E-state index is 13.3. The van der Waals surface area contributed by atoms with Crippen LogP contribution < -0.4 is 0 Å². The van der Waals surface area contributed by atoms with Gasteiger partial charge in [0.2, 0.25) is 0 Å². The van der Waals surface area contributed by atoms with Crippen LogP contribution in [0.5, 0.6) is 0 Å². The zero-order chi connectivity index (χ0) is 26.9. The van der Waals surface area contributed by atoms with Gasteiger partial charge in [-0.15, -0.1) is 0 Å². The molecule has 1 atom stereocenters. The van der Waals surface area contributed by atoms with Crippen LogP contribution in [0.1, 0.15) is 88.4 Å². The van der Waals surface area contributed by atoms with Gasteiger partial charge in [-0.3, -0.25) is 9.59 Å². The van der Waals surface area contributed by atoms with Crippen molar-refractivity contribution >= 4 is 29.1 Å². The number of carbonyl (C=O) groups excluding carboxylic acids is 2. The van der Waals surface area contributed by atoms with Crippen molar-refractivity contribution in [2.45, 2.75) is 71.8 Å². The second-order valence-corrected chi connectivity index (χ2v) is 10.7. The third-order valence-electron chi connectivity index (χ3n) is 7.11. The Bertz CT molecular complexity index is 1070. The van der Waals surface area contributed by atoms with E-state index < -0.39 is 17.7 Å². The predicted octanol–water partition coefficient (Wildman–Crippen LogP) is 7.18. The van der Waals surface area contributed by atoms with E-state index in [2.05, 4.69) is 32.6 Å². The van der Waals surface area contributed by atoms with Gasteiger partial charge >= 0.3 is 0 Å². The third-order valence-corrected chi connectivity index (χ3v) is 7.36. The van der Waals surface area contributed by atoms with Crippen LogP contribution in [0.2, 0.25) is 5.02 Å². The Morgan fingerprint density at radius 1 is 0.919 bits per heavy atom. The minimum Gasteiger partial charge on any atom is -0.507 e. The Labute approximate surface area is 227 Å². The van der Waals surface area contributed by atoms with Crippen molar-refractivity contribution in [3.63, 3.8) is 0 Å². The van der Waals surface area contributed by atoms with Gasteiger partial charge in [-0.2, -0.15) is 0 Å². The first-order valence-electron chi connectivity index (χ1n) is 13.6. The summed E-state index contributed by atoms with van der Waals surface area (Å²) in [5, 5.41) is 11.8. The zero-order valence-electron chi connectivity index (χ0n) is 22.7. The van der Waals surface area contributed by atoms with E-state index in [-0.39, 0.29) is 11.3 Å². The maximum Gasteiger partial charge on any atom is 0.295 e. The smallest absolute Gasteiger partial charge is 0.295 e. The summed E-state index contributed by atoms with van der Waals surface area (Å²) < 4.78 is 0. The summed E-state index contributed by atoms with van der Waals surface area (Å²) in [6.45, 7) is 12.1. The number of carbonyl (C=O) groups is 2. The van der Waals surface area contributed by atoms with Crippen LogP contribution >= 0.6 is 11.6 Å². The molecule has 0 saturated carbocycles. The number of nitrogens with zero attached hydrogens (tertiary/aromatic N) is 2. The molecule has 37 heavy (non-hydrogen) atoms. The first-order chi connectivity index (χ1) is 17.8. The van der Waals surface area contributed by atoms with Crippen LogP contribution in [-0.4, -0.2) is 52.8 Å². The quantitative estimate of drug-likeness (QED) is 0.171. The van der Waals surface area contributed by atoms with Crippen LogP contribution in [0.3, 0.4) is 0 Å². The molecule has 1 aliphatic heterocycles. The molecule has 0 radical (unpaired) electrons. The van der Waals surface area contributed by atoms with Gasteiger partial charge in [-0.1, -0.05) is 76.4 Å². The summed E-state index contributed by atoms with van der Waals surface area (Å²) in [4.78, 5) is 30.7. The van der Waals surface area contributed by atoms with E-state index in [1.54, 1.807) is 29.2 Å².